The van der Waals surface area contributed by atoms with Gasteiger partial charge in [0, 0.05) is 5.02 Å². The lowest BCUT2D eigenvalue weighted by atomic mass is 9.80. The molecule has 0 spiro atoms. The molecular weight excluding hydrogens is 246 g/mol. The zero-order valence-corrected chi connectivity index (χ0v) is 9.98. The normalized spacial score (nSPS) is 9.88. The summed E-state index contributed by atoms with van der Waals surface area (Å²) in [5.41, 5.74) is 0.191. The van der Waals surface area contributed by atoms with E-state index in [0.29, 0.717) is 0 Å². The molecule has 0 aromatic heterocycles. The van der Waals surface area contributed by atoms with E-state index in [0.717, 1.165) is 0 Å². The lowest BCUT2D eigenvalue weighted by Gasteiger charge is -2.08. The number of ether oxygens (including phenoxy) is 2. The summed E-state index contributed by atoms with van der Waals surface area (Å²) < 4.78 is 9.79. The SMILES string of the molecule is CCOC(=O)COc1cc(Cl)cc(B(O)O)c1. The average molecular weight is 258 g/mol. The fourth-order valence-corrected chi connectivity index (χ4v) is 1.40. The monoisotopic (exact) mass is 258 g/mol. The summed E-state index contributed by atoms with van der Waals surface area (Å²) in [5, 5.41) is 18.3. The zero-order chi connectivity index (χ0) is 12.8. The number of halogens is 1. The van der Waals surface area contributed by atoms with Crippen LogP contribution >= 0.6 is 11.6 Å². The Morgan fingerprint density at radius 3 is 2.71 bits per heavy atom. The maximum Gasteiger partial charge on any atom is 0.488 e. The molecule has 0 unspecified atom stereocenters. The van der Waals surface area contributed by atoms with Crippen LogP contribution < -0.4 is 10.2 Å². The quantitative estimate of drug-likeness (QED) is 0.573. The van der Waals surface area contributed by atoms with Crippen molar-refractivity contribution in [2.24, 2.45) is 0 Å². The van der Waals surface area contributed by atoms with Crippen molar-refractivity contribution in [3.63, 3.8) is 0 Å². The van der Waals surface area contributed by atoms with Gasteiger partial charge < -0.3 is 19.5 Å². The third-order valence-corrected chi connectivity index (χ3v) is 2.07. The molecule has 17 heavy (non-hydrogen) atoms. The second kappa shape index (κ2) is 6.49. The molecule has 2 N–H and O–H groups in total. The predicted molar refractivity (Wildman–Crippen MR) is 63.4 cm³/mol. The minimum atomic E-state index is -1.64. The van der Waals surface area contributed by atoms with Crippen LogP contribution in [0.15, 0.2) is 18.2 Å². The van der Waals surface area contributed by atoms with Crippen molar-refractivity contribution >= 4 is 30.2 Å². The fraction of sp³-hybridized carbons (Fsp3) is 0.300. The Balaban J connectivity index is 2.68. The first-order chi connectivity index (χ1) is 8.02. The molecule has 1 aromatic carbocycles. The van der Waals surface area contributed by atoms with Crippen LogP contribution in [0.4, 0.5) is 0 Å². The first kappa shape index (κ1) is 13.8. The molecule has 0 saturated carbocycles. The van der Waals surface area contributed by atoms with E-state index >= 15 is 0 Å². The van der Waals surface area contributed by atoms with Crippen molar-refractivity contribution in [2.45, 2.75) is 6.92 Å². The fourth-order valence-electron chi connectivity index (χ4n) is 1.16. The van der Waals surface area contributed by atoms with E-state index in [9.17, 15) is 4.79 Å². The molecule has 0 aliphatic carbocycles. The highest BCUT2D eigenvalue weighted by molar-refractivity contribution is 6.59. The van der Waals surface area contributed by atoms with E-state index in [1.54, 1.807) is 6.92 Å². The molecule has 0 heterocycles. The van der Waals surface area contributed by atoms with Gasteiger partial charge in [0.15, 0.2) is 6.61 Å². The Kier molecular flexibility index (Phi) is 5.28. The standard InChI is InChI=1S/C10H12BClO5/c1-2-16-10(13)6-17-9-4-7(11(14)15)3-8(12)5-9/h3-5,14-15H,2,6H2,1H3. The molecule has 5 nitrogen and oxygen atoms in total. The van der Waals surface area contributed by atoms with Crippen molar-refractivity contribution in [2.75, 3.05) is 13.2 Å². The topological polar surface area (TPSA) is 76.0 Å². The van der Waals surface area contributed by atoms with Crippen LogP contribution in [0.5, 0.6) is 5.75 Å². The minimum absolute atomic E-state index is 0.191. The molecule has 92 valence electrons. The molecule has 0 fully saturated rings. The summed E-state index contributed by atoms with van der Waals surface area (Å²) in [5.74, 6) is -0.229. The third kappa shape index (κ3) is 4.64. The van der Waals surface area contributed by atoms with E-state index < -0.39 is 13.1 Å². The van der Waals surface area contributed by atoms with Crippen molar-refractivity contribution in [3.05, 3.63) is 23.2 Å². The molecule has 0 radical (unpaired) electrons. The number of benzene rings is 1. The Hall–Kier alpha value is -1.24. The Morgan fingerprint density at radius 1 is 1.41 bits per heavy atom. The highest BCUT2D eigenvalue weighted by Crippen LogP contribution is 2.16. The number of carbonyl (C=O) groups is 1. The van der Waals surface area contributed by atoms with Gasteiger partial charge in [-0.05, 0) is 30.6 Å². The van der Waals surface area contributed by atoms with Crippen LogP contribution in [0.3, 0.4) is 0 Å². The number of hydrogen-bond donors (Lipinski definition) is 2. The van der Waals surface area contributed by atoms with Crippen LogP contribution in [-0.4, -0.2) is 36.3 Å². The average Bonchev–Trinajstić information content (AvgIpc) is 2.26. The van der Waals surface area contributed by atoms with Crippen molar-refractivity contribution in [1.29, 1.82) is 0 Å². The lowest BCUT2D eigenvalue weighted by molar-refractivity contribution is -0.145. The summed E-state index contributed by atoms with van der Waals surface area (Å²) in [7, 11) is -1.64. The number of rotatable bonds is 5. The van der Waals surface area contributed by atoms with Gasteiger partial charge in [-0.2, -0.15) is 0 Å². The molecule has 0 aliphatic rings. The first-order valence-corrected chi connectivity index (χ1v) is 5.35. The van der Waals surface area contributed by atoms with Gasteiger partial charge in [-0.3, -0.25) is 0 Å². The highest BCUT2D eigenvalue weighted by atomic mass is 35.5. The molecule has 0 aliphatic heterocycles. The summed E-state index contributed by atoms with van der Waals surface area (Å²) in [4.78, 5) is 11.0. The van der Waals surface area contributed by atoms with Gasteiger partial charge in [0.25, 0.3) is 0 Å². The van der Waals surface area contributed by atoms with Crippen LogP contribution in [-0.2, 0) is 9.53 Å². The Bertz CT molecular complexity index is 396. The number of carbonyl (C=O) groups excluding carboxylic acids is 1. The van der Waals surface area contributed by atoms with Gasteiger partial charge in [-0.1, -0.05) is 11.6 Å². The summed E-state index contributed by atoms with van der Waals surface area (Å²) >= 11 is 5.75. The van der Waals surface area contributed by atoms with Gasteiger partial charge in [-0.25, -0.2) is 4.79 Å². The lowest BCUT2D eigenvalue weighted by Crippen LogP contribution is -2.30. The molecule has 0 amide bonds. The third-order valence-electron chi connectivity index (χ3n) is 1.85. The summed E-state index contributed by atoms with van der Waals surface area (Å²) in [6.45, 7) is 1.71. The molecule has 7 heteroatoms. The minimum Gasteiger partial charge on any atom is -0.482 e. The predicted octanol–water partition coefficient (Wildman–Crippen LogP) is -0.0383. The van der Waals surface area contributed by atoms with Gasteiger partial charge in [0.1, 0.15) is 5.75 Å². The van der Waals surface area contributed by atoms with E-state index in [-0.39, 0.29) is 29.4 Å². The van der Waals surface area contributed by atoms with E-state index in [2.05, 4.69) is 4.74 Å². The van der Waals surface area contributed by atoms with E-state index in [1.807, 2.05) is 0 Å². The maximum absolute atomic E-state index is 11.0. The number of esters is 1. The van der Waals surface area contributed by atoms with Gasteiger partial charge >= 0.3 is 13.1 Å². The van der Waals surface area contributed by atoms with Crippen molar-refractivity contribution in [3.8, 4) is 5.75 Å². The Labute approximate surface area is 104 Å². The van der Waals surface area contributed by atoms with E-state index in [1.165, 1.54) is 18.2 Å². The van der Waals surface area contributed by atoms with Crippen LogP contribution in [0.1, 0.15) is 6.92 Å². The van der Waals surface area contributed by atoms with Crippen molar-refractivity contribution in [1.82, 2.24) is 0 Å². The molecular formula is C10H12BClO5. The largest absolute Gasteiger partial charge is 0.488 e. The molecule has 1 aromatic rings. The second-order valence-corrected chi connectivity index (χ2v) is 3.62. The summed E-state index contributed by atoms with van der Waals surface area (Å²) in [6.07, 6.45) is 0. The van der Waals surface area contributed by atoms with E-state index in [4.69, 9.17) is 26.4 Å². The molecule has 0 atom stereocenters. The second-order valence-electron chi connectivity index (χ2n) is 3.19. The van der Waals surface area contributed by atoms with Crippen LogP contribution in [0.25, 0.3) is 0 Å². The highest BCUT2D eigenvalue weighted by Gasteiger charge is 2.13. The van der Waals surface area contributed by atoms with Crippen LogP contribution in [0.2, 0.25) is 5.02 Å². The zero-order valence-electron chi connectivity index (χ0n) is 9.22. The molecule has 1 rings (SSSR count). The van der Waals surface area contributed by atoms with Gasteiger partial charge in [0.05, 0.1) is 6.61 Å². The molecule has 0 saturated heterocycles. The Morgan fingerprint density at radius 2 is 2.12 bits per heavy atom. The van der Waals surface area contributed by atoms with Crippen LogP contribution in [0, 0.1) is 0 Å². The first-order valence-electron chi connectivity index (χ1n) is 4.98. The summed E-state index contributed by atoms with van der Waals surface area (Å²) in [6, 6.07) is 4.24. The van der Waals surface area contributed by atoms with Gasteiger partial charge in [0.2, 0.25) is 0 Å². The van der Waals surface area contributed by atoms with Crippen molar-refractivity contribution < 1.29 is 24.3 Å². The molecule has 0 bridgehead atoms. The maximum atomic E-state index is 11.0. The smallest absolute Gasteiger partial charge is 0.482 e. The number of hydrogen-bond acceptors (Lipinski definition) is 5. The van der Waals surface area contributed by atoms with Gasteiger partial charge in [-0.15, -0.1) is 0 Å².